The quantitative estimate of drug-likeness (QED) is 0.754. The number of fused-ring (bicyclic) bond motifs is 1. The van der Waals surface area contributed by atoms with Crippen LogP contribution in [0.4, 0.5) is 0 Å². The Bertz CT molecular complexity index is 646. The van der Waals surface area contributed by atoms with Crippen molar-refractivity contribution in [3.63, 3.8) is 0 Å². The molecule has 3 heteroatoms. The van der Waals surface area contributed by atoms with Gasteiger partial charge in [0.2, 0.25) is 0 Å². The van der Waals surface area contributed by atoms with Gasteiger partial charge in [0, 0.05) is 43.3 Å². The van der Waals surface area contributed by atoms with Crippen molar-refractivity contribution in [1.29, 1.82) is 0 Å². The summed E-state index contributed by atoms with van der Waals surface area (Å²) in [6.45, 7) is 7.45. The zero-order valence-corrected chi connectivity index (χ0v) is 15.4. The minimum absolute atomic E-state index is 0.631. The number of hydrogen-bond acceptors (Lipinski definition) is 2. The fourth-order valence-corrected chi connectivity index (χ4v) is 4.17. The number of para-hydroxylation sites is 1. The Balaban J connectivity index is 1.80. The zero-order valence-electron chi connectivity index (χ0n) is 15.4. The molecule has 1 aliphatic rings. The number of ether oxygens (including phenoxy) is 1. The van der Waals surface area contributed by atoms with Gasteiger partial charge in [-0.3, -0.25) is 0 Å². The highest BCUT2D eigenvalue weighted by Crippen LogP contribution is 2.37. The Hall–Kier alpha value is -1.32. The predicted octanol–water partition coefficient (Wildman–Crippen LogP) is 4.56. The van der Waals surface area contributed by atoms with Gasteiger partial charge < -0.3 is 14.6 Å². The Morgan fingerprint density at radius 1 is 1.25 bits per heavy atom. The minimum Gasteiger partial charge on any atom is -0.383 e. The van der Waals surface area contributed by atoms with Gasteiger partial charge in [-0.1, -0.05) is 38.5 Å². The van der Waals surface area contributed by atoms with Crippen molar-refractivity contribution in [2.75, 3.05) is 20.3 Å². The molecule has 0 radical (unpaired) electrons. The Morgan fingerprint density at radius 3 is 2.88 bits per heavy atom. The van der Waals surface area contributed by atoms with Crippen molar-refractivity contribution < 1.29 is 4.74 Å². The standard InChI is InChI=1S/C21H32N2O/c1-16(2)14-23-15-20(19-9-4-5-10-21(19)23)17-7-6-8-18(13-17)22-11-12-24-3/h4-5,9-10,15-18,22H,6-8,11-14H2,1-3H3. The van der Waals surface area contributed by atoms with Crippen LogP contribution in [-0.2, 0) is 11.3 Å². The maximum atomic E-state index is 5.18. The molecule has 24 heavy (non-hydrogen) atoms. The van der Waals surface area contributed by atoms with E-state index in [0.29, 0.717) is 17.9 Å². The first kappa shape index (κ1) is 17.5. The zero-order chi connectivity index (χ0) is 16.9. The summed E-state index contributed by atoms with van der Waals surface area (Å²) in [6, 6.07) is 9.56. The smallest absolute Gasteiger partial charge is 0.0587 e. The van der Waals surface area contributed by atoms with Crippen molar-refractivity contribution in [3.8, 4) is 0 Å². The normalized spacial score (nSPS) is 21.7. The molecule has 1 saturated carbocycles. The molecule has 2 unspecified atom stereocenters. The molecule has 0 aliphatic heterocycles. The van der Waals surface area contributed by atoms with E-state index < -0.39 is 0 Å². The van der Waals surface area contributed by atoms with Gasteiger partial charge in [-0.25, -0.2) is 0 Å². The highest BCUT2D eigenvalue weighted by atomic mass is 16.5. The van der Waals surface area contributed by atoms with Gasteiger partial charge >= 0.3 is 0 Å². The third kappa shape index (κ3) is 4.01. The molecule has 1 fully saturated rings. The first-order chi connectivity index (χ1) is 11.7. The average molecular weight is 329 g/mol. The molecule has 3 nitrogen and oxygen atoms in total. The molecule has 2 atom stereocenters. The summed E-state index contributed by atoms with van der Waals surface area (Å²) in [6.07, 6.45) is 7.62. The summed E-state index contributed by atoms with van der Waals surface area (Å²) in [7, 11) is 1.77. The van der Waals surface area contributed by atoms with Crippen LogP contribution in [-0.4, -0.2) is 30.9 Å². The van der Waals surface area contributed by atoms with Crippen LogP contribution in [0.15, 0.2) is 30.5 Å². The molecule has 1 N–H and O–H groups in total. The van der Waals surface area contributed by atoms with Crippen molar-refractivity contribution in [1.82, 2.24) is 9.88 Å². The van der Waals surface area contributed by atoms with E-state index in [1.165, 1.54) is 36.6 Å². The van der Waals surface area contributed by atoms with Crippen molar-refractivity contribution >= 4 is 10.9 Å². The van der Waals surface area contributed by atoms with E-state index in [9.17, 15) is 0 Å². The molecule has 0 amide bonds. The molecule has 3 rings (SSSR count). The highest BCUT2D eigenvalue weighted by Gasteiger charge is 2.25. The topological polar surface area (TPSA) is 26.2 Å². The second kappa shape index (κ2) is 8.17. The van der Waals surface area contributed by atoms with E-state index in [2.05, 4.69) is 54.2 Å². The van der Waals surface area contributed by atoms with Gasteiger partial charge in [0.05, 0.1) is 6.61 Å². The molecule has 1 aromatic heterocycles. The van der Waals surface area contributed by atoms with E-state index in [1.807, 2.05) is 0 Å². The van der Waals surface area contributed by atoms with Crippen molar-refractivity contribution in [2.45, 2.75) is 58.0 Å². The van der Waals surface area contributed by atoms with Gasteiger partial charge in [-0.2, -0.15) is 0 Å². The van der Waals surface area contributed by atoms with Gasteiger partial charge in [0.15, 0.2) is 0 Å². The van der Waals surface area contributed by atoms with Crippen molar-refractivity contribution in [2.24, 2.45) is 5.92 Å². The largest absolute Gasteiger partial charge is 0.383 e. The van der Waals surface area contributed by atoms with E-state index in [-0.39, 0.29) is 0 Å². The van der Waals surface area contributed by atoms with Crippen LogP contribution in [0.5, 0.6) is 0 Å². The molecule has 1 heterocycles. The first-order valence-corrected chi connectivity index (χ1v) is 9.49. The third-order valence-corrected chi connectivity index (χ3v) is 5.23. The molecule has 0 saturated heterocycles. The van der Waals surface area contributed by atoms with Crippen LogP contribution in [0.25, 0.3) is 10.9 Å². The van der Waals surface area contributed by atoms with Crippen LogP contribution in [0.1, 0.15) is 51.0 Å². The third-order valence-electron chi connectivity index (χ3n) is 5.23. The lowest BCUT2D eigenvalue weighted by atomic mass is 9.81. The lowest BCUT2D eigenvalue weighted by molar-refractivity contribution is 0.190. The minimum atomic E-state index is 0.631. The Kier molecular flexibility index (Phi) is 5.96. The second-order valence-corrected chi connectivity index (χ2v) is 7.66. The van der Waals surface area contributed by atoms with E-state index in [4.69, 9.17) is 4.74 Å². The van der Waals surface area contributed by atoms with Crippen molar-refractivity contribution in [3.05, 3.63) is 36.0 Å². The number of nitrogens with zero attached hydrogens (tertiary/aromatic N) is 1. The number of aromatic nitrogens is 1. The summed E-state index contributed by atoms with van der Waals surface area (Å²) >= 11 is 0. The van der Waals surface area contributed by atoms with Crippen LogP contribution in [0.3, 0.4) is 0 Å². The second-order valence-electron chi connectivity index (χ2n) is 7.66. The molecule has 0 bridgehead atoms. The molecule has 2 aromatic rings. The maximum Gasteiger partial charge on any atom is 0.0587 e. The monoisotopic (exact) mass is 328 g/mol. The lowest BCUT2D eigenvalue weighted by Crippen LogP contribution is -2.35. The molecule has 1 aliphatic carbocycles. The van der Waals surface area contributed by atoms with E-state index in [0.717, 1.165) is 19.7 Å². The van der Waals surface area contributed by atoms with Gasteiger partial charge in [-0.05, 0) is 42.7 Å². The fourth-order valence-electron chi connectivity index (χ4n) is 4.17. The van der Waals surface area contributed by atoms with Gasteiger partial charge in [0.1, 0.15) is 0 Å². The summed E-state index contributed by atoms with van der Waals surface area (Å²) in [5.74, 6) is 1.35. The van der Waals surface area contributed by atoms with E-state index in [1.54, 1.807) is 12.7 Å². The Labute approximate surface area is 146 Å². The molecule has 0 spiro atoms. The highest BCUT2D eigenvalue weighted by molar-refractivity contribution is 5.84. The lowest BCUT2D eigenvalue weighted by Gasteiger charge is -2.30. The number of nitrogens with one attached hydrogen (secondary N) is 1. The van der Waals surface area contributed by atoms with E-state index >= 15 is 0 Å². The summed E-state index contributed by atoms with van der Waals surface area (Å²) < 4.78 is 7.65. The molecule has 1 aromatic carbocycles. The van der Waals surface area contributed by atoms with Gasteiger partial charge in [0.25, 0.3) is 0 Å². The molecule has 132 valence electrons. The number of benzene rings is 1. The summed E-state index contributed by atoms with van der Waals surface area (Å²) in [4.78, 5) is 0. The van der Waals surface area contributed by atoms with Crippen LogP contribution >= 0.6 is 0 Å². The fraction of sp³-hybridized carbons (Fsp3) is 0.619. The predicted molar refractivity (Wildman–Crippen MR) is 102 cm³/mol. The maximum absolute atomic E-state index is 5.18. The Morgan fingerprint density at radius 2 is 2.08 bits per heavy atom. The number of methoxy groups -OCH3 is 1. The van der Waals surface area contributed by atoms with Crippen LogP contribution < -0.4 is 5.32 Å². The van der Waals surface area contributed by atoms with Gasteiger partial charge in [-0.15, -0.1) is 0 Å². The SMILES string of the molecule is COCCNC1CCCC(c2cn(CC(C)C)c3ccccc23)C1. The summed E-state index contributed by atoms with van der Waals surface area (Å²) in [5.41, 5.74) is 2.96. The summed E-state index contributed by atoms with van der Waals surface area (Å²) in [5, 5.41) is 5.14. The number of hydrogen-bond donors (Lipinski definition) is 1. The first-order valence-electron chi connectivity index (χ1n) is 9.49. The average Bonchev–Trinajstić information content (AvgIpc) is 2.94. The molecular weight excluding hydrogens is 296 g/mol. The number of rotatable bonds is 7. The van der Waals surface area contributed by atoms with Crippen LogP contribution in [0, 0.1) is 5.92 Å². The van der Waals surface area contributed by atoms with Crippen LogP contribution in [0.2, 0.25) is 0 Å². The molecular formula is C21H32N2O.